The average Bonchev–Trinajstić information content (AvgIpc) is 2.48. The minimum absolute atomic E-state index is 0.128. The first-order valence-corrected chi connectivity index (χ1v) is 7.07. The summed E-state index contributed by atoms with van der Waals surface area (Å²) in [6, 6.07) is 10.1. The van der Waals surface area contributed by atoms with Crippen LogP contribution in [0.4, 0.5) is 0 Å². The quantitative estimate of drug-likeness (QED) is 0.679. The Kier molecular flexibility index (Phi) is 7.06. The Bertz CT molecular complexity index is 442. The summed E-state index contributed by atoms with van der Waals surface area (Å²) in [5.41, 5.74) is 0.585. The van der Waals surface area contributed by atoms with Crippen molar-refractivity contribution in [2.75, 3.05) is 20.3 Å². The number of nitriles is 1. The summed E-state index contributed by atoms with van der Waals surface area (Å²) in [7, 11) is 1.81. The van der Waals surface area contributed by atoms with E-state index in [0.717, 1.165) is 30.6 Å². The maximum Gasteiger partial charge on any atom is 0.122 e. The predicted molar refractivity (Wildman–Crippen MR) is 79.7 cm³/mol. The highest BCUT2D eigenvalue weighted by Crippen LogP contribution is 2.19. The van der Waals surface area contributed by atoms with Crippen LogP contribution in [0, 0.1) is 11.3 Å². The number of aliphatic hydroxyl groups excluding tert-OH is 1. The second-order valence-electron chi connectivity index (χ2n) is 5.08. The maximum absolute atomic E-state index is 9.05. The van der Waals surface area contributed by atoms with Gasteiger partial charge in [-0.3, -0.25) is 0 Å². The molecule has 0 aliphatic carbocycles. The van der Waals surface area contributed by atoms with Crippen LogP contribution in [0.25, 0.3) is 0 Å². The van der Waals surface area contributed by atoms with E-state index in [0.29, 0.717) is 13.0 Å². The van der Waals surface area contributed by atoms with E-state index in [1.165, 1.54) is 0 Å². The zero-order chi connectivity index (χ0) is 14.8. The van der Waals surface area contributed by atoms with Crippen molar-refractivity contribution < 1.29 is 9.84 Å². The van der Waals surface area contributed by atoms with E-state index in [-0.39, 0.29) is 6.61 Å². The monoisotopic (exact) mass is 276 g/mol. The van der Waals surface area contributed by atoms with E-state index in [1.807, 2.05) is 38.2 Å². The van der Waals surface area contributed by atoms with Gasteiger partial charge in [0.05, 0.1) is 12.7 Å². The largest absolute Gasteiger partial charge is 0.493 e. The van der Waals surface area contributed by atoms with E-state index < -0.39 is 5.54 Å². The van der Waals surface area contributed by atoms with Crippen LogP contribution in [-0.2, 0) is 6.42 Å². The Morgan fingerprint density at radius 2 is 2.10 bits per heavy atom. The van der Waals surface area contributed by atoms with Crippen LogP contribution in [0.15, 0.2) is 24.3 Å². The summed E-state index contributed by atoms with van der Waals surface area (Å²) in [6.45, 7) is 2.67. The third-order valence-electron chi connectivity index (χ3n) is 3.48. The summed E-state index contributed by atoms with van der Waals surface area (Å²) in [5.74, 6) is 0.846. The normalized spacial score (nSPS) is 13.5. The van der Waals surface area contributed by atoms with Crippen molar-refractivity contribution in [1.29, 1.82) is 5.26 Å². The summed E-state index contributed by atoms with van der Waals surface area (Å²) in [5, 5.41) is 21.1. The van der Waals surface area contributed by atoms with Gasteiger partial charge in [-0.05, 0) is 51.3 Å². The lowest BCUT2D eigenvalue weighted by Crippen LogP contribution is -2.37. The van der Waals surface area contributed by atoms with Gasteiger partial charge in [-0.15, -0.1) is 0 Å². The summed E-state index contributed by atoms with van der Waals surface area (Å²) < 4.78 is 5.76. The van der Waals surface area contributed by atoms with Crippen molar-refractivity contribution in [3.63, 3.8) is 0 Å². The Morgan fingerprint density at radius 3 is 2.75 bits per heavy atom. The van der Waals surface area contributed by atoms with Crippen molar-refractivity contribution >= 4 is 0 Å². The molecule has 0 aromatic heterocycles. The first-order chi connectivity index (χ1) is 9.65. The van der Waals surface area contributed by atoms with Crippen LogP contribution < -0.4 is 10.1 Å². The molecule has 0 radical (unpaired) electrons. The van der Waals surface area contributed by atoms with E-state index in [1.54, 1.807) is 0 Å². The molecule has 20 heavy (non-hydrogen) atoms. The average molecular weight is 276 g/mol. The molecule has 1 atom stereocenters. The lowest BCUT2D eigenvalue weighted by Gasteiger charge is -2.20. The molecule has 0 heterocycles. The number of para-hydroxylation sites is 1. The van der Waals surface area contributed by atoms with Gasteiger partial charge in [-0.2, -0.15) is 5.26 Å². The molecule has 4 heteroatoms. The molecule has 0 bridgehead atoms. The fourth-order valence-corrected chi connectivity index (χ4v) is 1.97. The molecule has 0 aliphatic rings. The van der Waals surface area contributed by atoms with Crippen molar-refractivity contribution in [3.05, 3.63) is 29.8 Å². The molecule has 0 spiro atoms. The zero-order valence-electron chi connectivity index (χ0n) is 12.4. The molecule has 1 unspecified atom stereocenters. The number of rotatable bonds is 9. The fraction of sp³-hybridized carbons (Fsp3) is 0.562. The van der Waals surface area contributed by atoms with Crippen LogP contribution in [-0.4, -0.2) is 30.9 Å². The SMILES string of the molecule is CNC(C)(C#N)CCCCOc1ccccc1CCO. The number of nitrogens with zero attached hydrogens (tertiary/aromatic N) is 1. The van der Waals surface area contributed by atoms with Crippen molar-refractivity contribution in [3.8, 4) is 11.8 Å². The smallest absolute Gasteiger partial charge is 0.122 e. The van der Waals surface area contributed by atoms with Gasteiger partial charge in [0.1, 0.15) is 11.3 Å². The highest BCUT2D eigenvalue weighted by molar-refractivity contribution is 5.33. The summed E-state index contributed by atoms with van der Waals surface area (Å²) in [6.07, 6.45) is 3.27. The van der Waals surface area contributed by atoms with Crippen molar-refractivity contribution in [2.24, 2.45) is 0 Å². The van der Waals surface area contributed by atoms with E-state index in [2.05, 4.69) is 11.4 Å². The molecule has 2 N–H and O–H groups in total. The number of hydrogen-bond acceptors (Lipinski definition) is 4. The third kappa shape index (κ3) is 5.20. The van der Waals surface area contributed by atoms with Gasteiger partial charge in [0.25, 0.3) is 0 Å². The van der Waals surface area contributed by atoms with Crippen LogP contribution in [0.2, 0.25) is 0 Å². The number of unbranched alkanes of at least 4 members (excludes halogenated alkanes) is 1. The molecule has 0 aliphatic heterocycles. The van der Waals surface area contributed by atoms with Gasteiger partial charge in [-0.1, -0.05) is 18.2 Å². The number of hydrogen-bond donors (Lipinski definition) is 2. The molecule has 110 valence electrons. The molecular weight excluding hydrogens is 252 g/mol. The molecule has 0 saturated heterocycles. The molecular formula is C16H24N2O2. The lowest BCUT2D eigenvalue weighted by atomic mass is 9.97. The van der Waals surface area contributed by atoms with Crippen molar-refractivity contribution in [2.45, 2.75) is 38.1 Å². The Labute approximate surface area is 121 Å². The Balaban J connectivity index is 2.33. The van der Waals surface area contributed by atoms with Crippen LogP contribution in [0.3, 0.4) is 0 Å². The van der Waals surface area contributed by atoms with E-state index >= 15 is 0 Å². The number of aliphatic hydroxyl groups is 1. The van der Waals surface area contributed by atoms with Crippen molar-refractivity contribution in [1.82, 2.24) is 5.32 Å². The summed E-state index contributed by atoms with van der Waals surface area (Å²) in [4.78, 5) is 0. The molecule has 0 fully saturated rings. The first-order valence-electron chi connectivity index (χ1n) is 7.07. The fourth-order valence-electron chi connectivity index (χ4n) is 1.97. The Hall–Kier alpha value is -1.57. The maximum atomic E-state index is 9.05. The van der Waals surface area contributed by atoms with Gasteiger partial charge in [0.15, 0.2) is 0 Å². The number of benzene rings is 1. The van der Waals surface area contributed by atoms with Gasteiger partial charge in [0, 0.05) is 6.61 Å². The highest BCUT2D eigenvalue weighted by atomic mass is 16.5. The number of nitrogens with one attached hydrogen (secondary N) is 1. The molecule has 4 nitrogen and oxygen atoms in total. The molecule has 1 aromatic rings. The van der Waals surface area contributed by atoms with E-state index in [4.69, 9.17) is 15.1 Å². The van der Waals surface area contributed by atoms with Gasteiger partial charge >= 0.3 is 0 Å². The zero-order valence-corrected chi connectivity index (χ0v) is 12.4. The van der Waals surface area contributed by atoms with Crippen LogP contribution in [0.5, 0.6) is 5.75 Å². The molecule has 0 saturated carbocycles. The van der Waals surface area contributed by atoms with Crippen LogP contribution >= 0.6 is 0 Å². The Morgan fingerprint density at radius 1 is 1.35 bits per heavy atom. The number of ether oxygens (including phenoxy) is 1. The van der Waals surface area contributed by atoms with Gasteiger partial charge in [-0.25, -0.2) is 0 Å². The third-order valence-corrected chi connectivity index (χ3v) is 3.48. The second kappa shape index (κ2) is 8.57. The minimum Gasteiger partial charge on any atom is -0.493 e. The highest BCUT2D eigenvalue weighted by Gasteiger charge is 2.19. The van der Waals surface area contributed by atoms with Gasteiger partial charge in [0.2, 0.25) is 0 Å². The first kappa shape index (κ1) is 16.5. The minimum atomic E-state index is -0.450. The van der Waals surface area contributed by atoms with E-state index in [9.17, 15) is 0 Å². The standard InChI is InChI=1S/C16H24N2O2/c1-16(13-17,18-2)10-5-6-12-20-15-8-4-3-7-14(15)9-11-19/h3-4,7-8,18-19H,5-6,9-12H2,1-2H3. The summed E-state index contributed by atoms with van der Waals surface area (Å²) >= 11 is 0. The second-order valence-corrected chi connectivity index (χ2v) is 5.08. The topological polar surface area (TPSA) is 65.3 Å². The predicted octanol–water partition coefficient (Wildman–Crippen LogP) is 2.27. The van der Waals surface area contributed by atoms with Crippen LogP contribution in [0.1, 0.15) is 31.7 Å². The molecule has 1 rings (SSSR count). The lowest BCUT2D eigenvalue weighted by molar-refractivity contribution is 0.281. The molecule has 0 amide bonds. The molecule has 1 aromatic carbocycles. The van der Waals surface area contributed by atoms with Gasteiger partial charge < -0.3 is 15.2 Å².